The monoisotopic (exact) mass is 389 g/mol. The van der Waals surface area contributed by atoms with Crippen LogP contribution in [0.5, 0.6) is 5.88 Å². The van der Waals surface area contributed by atoms with Crippen molar-refractivity contribution in [1.82, 2.24) is 9.88 Å². The molecule has 1 aromatic heterocycles. The minimum atomic E-state index is -0.0112. The van der Waals surface area contributed by atoms with Crippen molar-refractivity contribution < 1.29 is 9.53 Å². The molecule has 1 amide bonds. The molecule has 2 aromatic carbocycles. The Morgan fingerprint density at radius 2 is 1.83 bits per heavy atom. The van der Waals surface area contributed by atoms with Gasteiger partial charge in [-0.3, -0.25) is 9.69 Å². The minimum Gasteiger partial charge on any atom is -0.476 e. The van der Waals surface area contributed by atoms with Crippen LogP contribution in [-0.2, 0) is 11.3 Å². The molecular formula is C24H27N3O2. The fourth-order valence-corrected chi connectivity index (χ4v) is 3.79. The van der Waals surface area contributed by atoms with E-state index in [4.69, 9.17) is 9.72 Å². The van der Waals surface area contributed by atoms with Crippen LogP contribution in [0.4, 0.5) is 5.69 Å². The van der Waals surface area contributed by atoms with Gasteiger partial charge in [0.25, 0.3) is 0 Å². The lowest BCUT2D eigenvalue weighted by atomic mass is 10.0. The normalized spacial score (nSPS) is 14.2. The van der Waals surface area contributed by atoms with Crippen LogP contribution >= 0.6 is 0 Å². The molecule has 29 heavy (non-hydrogen) atoms. The number of nitrogens with zero attached hydrogens (tertiary/aromatic N) is 2. The third kappa shape index (κ3) is 4.10. The molecule has 0 atom stereocenters. The van der Waals surface area contributed by atoms with Crippen molar-refractivity contribution in [3.63, 3.8) is 0 Å². The Balaban J connectivity index is 1.54. The maximum Gasteiger partial charge on any atom is 0.238 e. The van der Waals surface area contributed by atoms with Gasteiger partial charge in [0.2, 0.25) is 11.8 Å². The molecule has 3 aromatic rings. The van der Waals surface area contributed by atoms with Gasteiger partial charge in [0.1, 0.15) is 6.61 Å². The highest BCUT2D eigenvalue weighted by Gasteiger charge is 2.20. The number of aromatic nitrogens is 1. The topological polar surface area (TPSA) is 54.5 Å². The first-order chi connectivity index (χ1) is 13.9. The molecule has 5 heteroatoms. The molecule has 0 fully saturated rings. The fourth-order valence-electron chi connectivity index (χ4n) is 3.79. The highest BCUT2D eigenvalue weighted by Crippen LogP contribution is 2.29. The van der Waals surface area contributed by atoms with E-state index in [-0.39, 0.29) is 5.91 Å². The van der Waals surface area contributed by atoms with Gasteiger partial charge in [-0.2, -0.15) is 0 Å². The molecule has 1 aliphatic heterocycles. The van der Waals surface area contributed by atoms with Gasteiger partial charge in [-0.25, -0.2) is 4.98 Å². The summed E-state index contributed by atoms with van der Waals surface area (Å²) in [7, 11) is 0. The molecule has 1 N–H and O–H groups in total. The smallest absolute Gasteiger partial charge is 0.238 e. The van der Waals surface area contributed by atoms with Gasteiger partial charge in [0.15, 0.2) is 0 Å². The first kappa shape index (κ1) is 19.4. The second-order valence-electron chi connectivity index (χ2n) is 7.97. The summed E-state index contributed by atoms with van der Waals surface area (Å²) in [5.74, 6) is 0.673. The summed E-state index contributed by atoms with van der Waals surface area (Å²) in [4.78, 5) is 19.6. The third-order valence-electron chi connectivity index (χ3n) is 5.52. The second kappa shape index (κ2) is 7.84. The largest absolute Gasteiger partial charge is 0.476 e. The summed E-state index contributed by atoms with van der Waals surface area (Å²) in [5.41, 5.74) is 7.44. The van der Waals surface area contributed by atoms with Crippen molar-refractivity contribution in [1.29, 1.82) is 0 Å². The van der Waals surface area contributed by atoms with Gasteiger partial charge in [0, 0.05) is 29.7 Å². The molecule has 0 spiro atoms. The highest BCUT2D eigenvalue weighted by atomic mass is 16.5. The van der Waals surface area contributed by atoms with E-state index in [2.05, 4.69) is 48.3 Å². The number of ether oxygens (including phenoxy) is 1. The van der Waals surface area contributed by atoms with E-state index in [1.54, 1.807) is 0 Å². The van der Waals surface area contributed by atoms with Gasteiger partial charge < -0.3 is 10.1 Å². The Bertz CT molecular complexity index is 1090. The Morgan fingerprint density at radius 1 is 1.07 bits per heavy atom. The molecule has 0 bridgehead atoms. The molecular weight excluding hydrogens is 362 g/mol. The van der Waals surface area contributed by atoms with E-state index < -0.39 is 0 Å². The Labute approximate surface area is 171 Å². The number of hydrogen-bond donors (Lipinski definition) is 1. The molecule has 150 valence electrons. The van der Waals surface area contributed by atoms with Crippen LogP contribution in [0.15, 0.2) is 36.4 Å². The maximum absolute atomic E-state index is 12.7. The predicted molar refractivity (Wildman–Crippen MR) is 117 cm³/mol. The van der Waals surface area contributed by atoms with Crippen LogP contribution in [0.2, 0.25) is 0 Å². The lowest BCUT2D eigenvalue weighted by Crippen LogP contribution is -2.34. The summed E-state index contributed by atoms with van der Waals surface area (Å²) in [6.07, 6.45) is 0. The summed E-state index contributed by atoms with van der Waals surface area (Å²) >= 11 is 0. The number of carbonyl (C=O) groups is 1. The SMILES string of the molecule is Cc1ccc(C)c(NC(=O)CN2CCOc3nc4c(C)ccc(C)c4cc3C2)c1. The van der Waals surface area contributed by atoms with Crippen LogP contribution in [-0.4, -0.2) is 35.5 Å². The molecule has 0 aliphatic carbocycles. The van der Waals surface area contributed by atoms with E-state index >= 15 is 0 Å². The van der Waals surface area contributed by atoms with E-state index in [0.29, 0.717) is 32.1 Å². The third-order valence-corrected chi connectivity index (χ3v) is 5.52. The molecule has 1 aliphatic rings. The van der Waals surface area contributed by atoms with Crippen LogP contribution in [0.1, 0.15) is 27.8 Å². The Hall–Kier alpha value is -2.92. The molecule has 4 rings (SSSR count). The van der Waals surface area contributed by atoms with Gasteiger partial charge in [-0.15, -0.1) is 0 Å². The average Bonchev–Trinajstić information content (AvgIpc) is 2.87. The first-order valence-corrected chi connectivity index (χ1v) is 10.0. The number of rotatable bonds is 3. The van der Waals surface area contributed by atoms with Crippen molar-refractivity contribution in [3.05, 3.63) is 64.2 Å². The predicted octanol–water partition coefficient (Wildman–Crippen LogP) is 4.30. The lowest BCUT2D eigenvalue weighted by molar-refractivity contribution is -0.117. The molecule has 0 unspecified atom stereocenters. The quantitative estimate of drug-likeness (QED) is 0.726. The van der Waals surface area contributed by atoms with E-state index in [1.807, 2.05) is 26.0 Å². The van der Waals surface area contributed by atoms with Gasteiger partial charge in [-0.05, 0) is 62.1 Å². The van der Waals surface area contributed by atoms with Gasteiger partial charge >= 0.3 is 0 Å². The molecule has 0 radical (unpaired) electrons. The number of nitrogens with one attached hydrogen (secondary N) is 1. The number of anilines is 1. The number of hydrogen-bond acceptors (Lipinski definition) is 4. The summed E-state index contributed by atoms with van der Waals surface area (Å²) in [6.45, 7) is 10.4. The first-order valence-electron chi connectivity index (χ1n) is 10.0. The van der Waals surface area contributed by atoms with Crippen LogP contribution < -0.4 is 10.1 Å². The zero-order valence-electron chi connectivity index (χ0n) is 17.5. The maximum atomic E-state index is 12.7. The number of benzene rings is 2. The molecule has 0 saturated carbocycles. The number of pyridine rings is 1. The molecule has 5 nitrogen and oxygen atoms in total. The standard InChI is InChI=1S/C24H27N3O2/c1-15-5-6-17(3)21(11-15)25-22(28)14-27-9-10-29-24-19(13-27)12-20-16(2)7-8-18(4)23(20)26-24/h5-8,11-12H,9-10,13-14H2,1-4H3,(H,25,28). The van der Waals surface area contributed by atoms with Crippen molar-refractivity contribution in [2.75, 3.05) is 25.0 Å². The lowest BCUT2D eigenvalue weighted by Gasteiger charge is -2.19. The van der Waals surface area contributed by atoms with Crippen LogP contribution in [0.25, 0.3) is 10.9 Å². The number of carbonyl (C=O) groups excluding carboxylic acids is 1. The number of aryl methyl sites for hydroxylation is 4. The molecule has 0 saturated heterocycles. The van der Waals surface area contributed by atoms with E-state index in [9.17, 15) is 4.79 Å². The summed E-state index contributed by atoms with van der Waals surface area (Å²) in [5, 5.41) is 4.20. The van der Waals surface area contributed by atoms with Crippen molar-refractivity contribution in [2.24, 2.45) is 0 Å². The minimum absolute atomic E-state index is 0.0112. The fraction of sp³-hybridized carbons (Fsp3) is 0.333. The zero-order valence-corrected chi connectivity index (χ0v) is 17.5. The van der Waals surface area contributed by atoms with E-state index in [0.717, 1.165) is 38.8 Å². The zero-order chi connectivity index (χ0) is 20.5. The average molecular weight is 389 g/mol. The Kier molecular flexibility index (Phi) is 5.24. The number of fused-ring (bicyclic) bond motifs is 2. The van der Waals surface area contributed by atoms with Crippen molar-refractivity contribution in [2.45, 2.75) is 34.2 Å². The number of amides is 1. The van der Waals surface area contributed by atoms with Gasteiger partial charge in [-0.1, -0.05) is 24.3 Å². The Morgan fingerprint density at radius 3 is 2.66 bits per heavy atom. The van der Waals surface area contributed by atoms with Crippen molar-refractivity contribution in [3.8, 4) is 5.88 Å². The van der Waals surface area contributed by atoms with Crippen LogP contribution in [0, 0.1) is 27.7 Å². The highest BCUT2D eigenvalue weighted by molar-refractivity contribution is 5.93. The van der Waals surface area contributed by atoms with Crippen molar-refractivity contribution >= 4 is 22.5 Å². The summed E-state index contributed by atoms with van der Waals surface area (Å²) < 4.78 is 5.93. The van der Waals surface area contributed by atoms with Crippen LogP contribution in [0.3, 0.4) is 0 Å². The van der Waals surface area contributed by atoms with E-state index in [1.165, 1.54) is 5.56 Å². The molecule has 2 heterocycles. The summed E-state index contributed by atoms with van der Waals surface area (Å²) in [6, 6.07) is 12.5. The van der Waals surface area contributed by atoms with Gasteiger partial charge in [0.05, 0.1) is 12.1 Å². The second-order valence-corrected chi connectivity index (χ2v) is 7.97.